The van der Waals surface area contributed by atoms with Crippen molar-refractivity contribution >= 4 is 34.6 Å². The molecule has 6 heteroatoms. The van der Waals surface area contributed by atoms with Gasteiger partial charge < -0.3 is 9.73 Å². The predicted octanol–water partition coefficient (Wildman–Crippen LogP) is 4.35. The summed E-state index contributed by atoms with van der Waals surface area (Å²) in [5.41, 5.74) is 4.35. The van der Waals surface area contributed by atoms with Crippen molar-refractivity contribution in [2.24, 2.45) is 0 Å². The van der Waals surface area contributed by atoms with E-state index < -0.39 is 0 Å². The number of benzene rings is 1. The van der Waals surface area contributed by atoms with Gasteiger partial charge in [-0.2, -0.15) is 4.98 Å². The van der Waals surface area contributed by atoms with Crippen LogP contribution >= 0.6 is 11.8 Å². The molecule has 3 aromatic rings. The van der Waals surface area contributed by atoms with Gasteiger partial charge in [0.05, 0.1) is 5.25 Å². The van der Waals surface area contributed by atoms with Crippen molar-refractivity contribution in [1.29, 1.82) is 0 Å². The Morgan fingerprint density at radius 1 is 1.29 bits per heavy atom. The van der Waals surface area contributed by atoms with E-state index in [9.17, 15) is 4.79 Å². The molecule has 0 saturated carbocycles. The number of pyridine rings is 1. The summed E-state index contributed by atoms with van der Waals surface area (Å²) in [6, 6.07) is 9.52. The molecule has 0 radical (unpaired) electrons. The molecule has 0 aliphatic rings. The molecule has 1 atom stereocenters. The second-order valence-corrected chi connectivity index (χ2v) is 6.76. The third-order valence-corrected chi connectivity index (χ3v) is 5.03. The minimum atomic E-state index is -0.278. The molecule has 5 nitrogen and oxygen atoms in total. The van der Waals surface area contributed by atoms with Gasteiger partial charge in [0, 0.05) is 11.9 Å². The summed E-state index contributed by atoms with van der Waals surface area (Å²) >= 11 is 1.32. The van der Waals surface area contributed by atoms with Crippen LogP contribution in [-0.2, 0) is 4.79 Å². The fourth-order valence-corrected chi connectivity index (χ4v) is 3.14. The number of aryl methyl sites for hydroxylation is 2. The molecule has 1 aromatic carbocycles. The number of anilines is 1. The van der Waals surface area contributed by atoms with Crippen LogP contribution in [0.1, 0.15) is 24.5 Å². The third-order valence-electron chi connectivity index (χ3n) is 3.83. The molecule has 124 valence electrons. The molecular weight excluding hydrogens is 322 g/mol. The quantitative estimate of drug-likeness (QED) is 0.699. The van der Waals surface area contributed by atoms with E-state index in [1.165, 1.54) is 17.3 Å². The molecule has 0 aliphatic heterocycles. The van der Waals surface area contributed by atoms with E-state index in [0.29, 0.717) is 22.9 Å². The van der Waals surface area contributed by atoms with Gasteiger partial charge in [0.15, 0.2) is 11.2 Å². The van der Waals surface area contributed by atoms with Gasteiger partial charge in [-0.1, -0.05) is 24.8 Å². The van der Waals surface area contributed by atoms with Gasteiger partial charge >= 0.3 is 0 Å². The van der Waals surface area contributed by atoms with E-state index in [4.69, 9.17) is 4.42 Å². The molecular formula is C18H19N3O2S. The molecule has 0 spiro atoms. The highest BCUT2D eigenvalue weighted by atomic mass is 32.2. The second-order valence-electron chi connectivity index (χ2n) is 5.61. The van der Waals surface area contributed by atoms with E-state index in [-0.39, 0.29) is 11.2 Å². The van der Waals surface area contributed by atoms with Crippen LogP contribution in [-0.4, -0.2) is 21.1 Å². The van der Waals surface area contributed by atoms with Crippen LogP contribution in [0.25, 0.3) is 11.2 Å². The molecule has 3 rings (SSSR count). The number of nitrogens with zero attached hydrogens (tertiary/aromatic N) is 2. The lowest BCUT2D eigenvalue weighted by Gasteiger charge is -2.13. The number of carbonyl (C=O) groups excluding carboxylic acids is 1. The zero-order chi connectivity index (χ0) is 17.1. The summed E-state index contributed by atoms with van der Waals surface area (Å²) < 4.78 is 5.64. The Labute approximate surface area is 144 Å². The molecule has 0 fully saturated rings. The van der Waals surface area contributed by atoms with Gasteiger partial charge in [-0.3, -0.25) is 4.79 Å². The number of rotatable bonds is 5. The van der Waals surface area contributed by atoms with Gasteiger partial charge in [-0.15, -0.1) is 0 Å². The Hall–Kier alpha value is -2.34. The maximum atomic E-state index is 12.5. The fourth-order valence-electron chi connectivity index (χ4n) is 2.29. The third kappa shape index (κ3) is 3.59. The number of aromatic nitrogens is 2. The summed E-state index contributed by atoms with van der Waals surface area (Å²) in [5.74, 6) is -0.0547. The van der Waals surface area contributed by atoms with Gasteiger partial charge in [0.25, 0.3) is 5.22 Å². The summed E-state index contributed by atoms with van der Waals surface area (Å²) in [5, 5.41) is 3.16. The standard InChI is InChI=1S/C18H19N3O2S/c1-4-15(17(22)20-13-8-7-11(2)12(3)10-13)24-18-21-16-14(23-18)6-5-9-19-16/h5-10,15H,4H2,1-3H3,(H,20,22)/t15-/m1/s1. The minimum absolute atomic E-state index is 0.0547. The van der Waals surface area contributed by atoms with E-state index in [1.54, 1.807) is 12.3 Å². The lowest BCUT2D eigenvalue weighted by atomic mass is 10.1. The summed E-state index contributed by atoms with van der Waals surface area (Å²) in [7, 11) is 0. The number of oxazole rings is 1. The monoisotopic (exact) mass is 341 g/mol. The zero-order valence-corrected chi connectivity index (χ0v) is 14.7. The number of hydrogen-bond donors (Lipinski definition) is 1. The first-order valence-corrected chi connectivity index (χ1v) is 8.71. The molecule has 1 N–H and O–H groups in total. The first-order valence-electron chi connectivity index (χ1n) is 7.83. The average Bonchev–Trinajstić information content (AvgIpc) is 2.98. The Morgan fingerprint density at radius 3 is 2.83 bits per heavy atom. The van der Waals surface area contributed by atoms with Crippen molar-refractivity contribution in [1.82, 2.24) is 9.97 Å². The fraction of sp³-hybridized carbons (Fsp3) is 0.278. The maximum absolute atomic E-state index is 12.5. The number of nitrogens with one attached hydrogen (secondary N) is 1. The number of thioether (sulfide) groups is 1. The highest BCUT2D eigenvalue weighted by Crippen LogP contribution is 2.28. The number of hydrogen-bond acceptors (Lipinski definition) is 5. The Balaban J connectivity index is 1.72. The van der Waals surface area contributed by atoms with E-state index in [0.717, 1.165) is 11.3 Å². The average molecular weight is 341 g/mol. The van der Waals surface area contributed by atoms with Crippen molar-refractivity contribution in [3.63, 3.8) is 0 Å². The number of carbonyl (C=O) groups is 1. The largest absolute Gasteiger partial charge is 0.430 e. The van der Waals surface area contributed by atoms with Gasteiger partial charge in [0.2, 0.25) is 5.91 Å². The second kappa shape index (κ2) is 7.05. The lowest BCUT2D eigenvalue weighted by molar-refractivity contribution is -0.115. The zero-order valence-electron chi connectivity index (χ0n) is 13.9. The SMILES string of the molecule is CC[C@@H](Sc1nc2ncccc2o1)C(=O)Nc1ccc(C)c(C)c1. The Kier molecular flexibility index (Phi) is 4.85. The van der Waals surface area contributed by atoms with Crippen molar-refractivity contribution < 1.29 is 9.21 Å². The summed E-state index contributed by atoms with van der Waals surface area (Å²) in [6.07, 6.45) is 2.34. The Morgan fingerprint density at radius 2 is 2.12 bits per heavy atom. The van der Waals surface area contributed by atoms with Crippen LogP contribution in [0.4, 0.5) is 5.69 Å². The van der Waals surface area contributed by atoms with Crippen molar-refractivity contribution in [2.45, 2.75) is 37.7 Å². The minimum Gasteiger partial charge on any atom is -0.430 e. The van der Waals surface area contributed by atoms with Crippen LogP contribution in [0, 0.1) is 13.8 Å². The van der Waals surface area contributed by atoms with Crippen LogP contribution in [0.15, 0.2) is 46.2 Å². The Bertz CT molecular complexity index is 843. The van der Waals surface area contributed by atoms with Gasteiger partial charge in [-0.05, 0) is 55.7 Å². The topological polar surface area (TPSA) is 68.0 Å². The van der Waals surface area contributed by atoms with E-state index in [2.05, 4.69) is 15.3 Å². The summed E-state index contributed by atoms with van der Waals surface area (Å²) in [4.78, 5) is 21.0. The van der Waals surface area contributed by atoms with Gasteiger partial charge in [-0.25, -0.2) is 4.98 Å². The molecule has 0 bridgehead atoms. The van der Waals surface area contributed by atoms with Crippen molar-refractivity contribution in [3.8, 4) is 0 Å². The highest BCUT2D eigenvalue weighted by molar-refractivity contribution is 8.00. The summed E-state index contributed by atoms with van der Waals surface area (Å²) in [6.45, 7) is 6.05. The van der Waals surface area contributed by atoms with Crippen LogP contribution < -0.4 is 5.32 Å². The van der Waals surface area contributed by atoms with Crippen LogP contribution in [0.5, 0.6) is 0 Å². The molecule has 0 unspecified atom stereocenters. The number of amides is 1. The molecule has 0 aliphatic carbocycles. The first kappa shape index (κ1) is 16.5. The molecule has 0 saturated heterocycles. The number of fused-ring (bicyclic) bond motifs is 1. The maximum Gasteiger partial charge on any atom is 0.259 e. The van der Waals surface area contributed by atoms with Crippen molar-refractivity contribution in [3.05, 3.63) is 47.7 Å². The normalized spacial score (nSPS) is 12.3. The molecule has 24 heavy (non-hydrogen) atoms. The van der Waals surface area contributed by atoms with Crippen LogP contribution in [0.2, 0.25) is 0 Å². The highest BCUT2D eigenvalue weighted by Gasteiger charge is 2.21. The van der Waals surface area contributed by atoms with Crippen molar-refractivity contribution in [2.75, 3.05) is 5.32 Å². The predicted molar refractivity (Wildman–Crippen MR) is 96.3 cm³/mol. The van der Waals surface area contributed by atoms with E-state index in [1.807, 2.05) is 45.0 Å². The molecule has 2 aromatic heterocycles. The van der Waals surface area contributed by atoms with Gasteiger partial charge in [0.1, 0.15) is 0 Å². The smallest absolute Gasteiger partial charge is 0.259 e. The lowest BCUT2D eigenvalue weighted by Crippen LogP contribution is -2.24. The molecule has 1 amide bonds. The van der Waals surface area contributed by atoms with Crippen LogP contribution in [0.3, 0.4) is 0 Å². The first-order chi connectivity index (χ1) is 11.6. The molecule has 2 heterocycles. The van der Waals surface area contributed by atoms with E-state index >= 15 is 0 Å².